The zero-order valence-electron chi connectivity index (χ0n) is 20.1. The predicted molar refractivity (Wildman–Crippen MR) is 139 cm³/mol. The van der Waals surface area contributed by atoms with Crippen LogP contribution in [0.4, 0.5) is 5.82 Å². The van der Waals surface area contributed by atoms with Crippen molar-refractivity contribution in [2.45, 2.75) is 32.9 Å². The molecule has 1 amide bonds. The quantitative estimate of drug-likeness (QED) is 0.322. The number of carbonyl (C=O) groups is 1. The third-order valence-corrected chi connectivity index (χ3v) is 6.43. The van der Waals surface area contributed by atoms with E-state index in [0.29, 0.717) is 13.1 Å². The standard InChI is InChI=1S/C30H29N3O2/c1-21-8-12-25(13-9-21)35-26-14-10-24(11-15-26)22(2)32-29-28-20-33(30(34)27(28)16-18-31-29)19-17-23-6-4-3-5-7-23/h3-16,18,22H,17,19-20H2,1-2H3,(H,31,32). The second-order valence-electron chi connectivity index (χ2n) is 9.00. The minimum absolute atomic E-state index is 0.0240. The van der Waals surface area contributed by atoms with Gasteiger partial charge in [0.1, 0.15) is 17.3 Å². The molecule has 0 fully saturated rings. The summed E-state index contributed by atoms with van der Waals surface area (Å²) in [5.41, 5.74) is 5.26. The molecule has 35 heavy (non-hydrogen) atoms. The van der Waals surface area contributed by atoms with Crippen LogP contribution in [0.25, 0.3) is 0 Å². The van der Waals surface area contributed by atoms with Crippen molar-refractivity contribution in [2.24, 2.45) is 0 Å². The summed E-state index contributed by atoms with van der Waals surface area (Å²) in [5.74, 6) is 2.46. The minimum Gasteiger partial charge on any atom is -0.457 e. The average Bonchev–Trinajstić information content (AvgIpc) is 3.21. The Morgan fingerprint density at radius 3 is 2.34 bits per heavy atom. The highest BCUT2D eigenvalue weighted by molar-refractivity contribution is 5.99. The first-order valence-corrected chi connectivity index (χ1v) is 12.0. The number of benzene rings is 3. The first-order valence-electron chi connectivity index (χ1n) is 12.0. The summed E-state index contributed by atoms with van der Waals surface area (Å²) in [6.07, 6.45) is 2.55. The number of nitrogens with zero attached hydrogens (tertiary/aromatic N) is 2. The second-order valence-corrected chi connectivity index (χ2v) is 9.00. The lowest BCUT2D eigenvalue weighted by Gasteiger charge is -2.18. The fourth-order valence-electron chi connectivity index (χ4n) is 4.35. The molecular formula is C30H29N3O2. The van der Waals surface area contributed by atoms with Crippen LogP contribution in [0, 0.1) is 6.92 Å². The Balaban J connectivity index is 1.24. The summed E-state index contributed by atoms with van der Waals surface area (Å²) in [6, 6.07) is 28.2. The SMILES string of the molecule is Cc1ccc(Oc2ccc(C(C)Nc3nccc4c3CN(CCc3ccccc3)C4=O)cc2)cc1. The topological polar surface area (TPSA) is 54.5 Å². The molecule has 5 nitrogen and oxygen atoms in total. The van der Waals surface area contributed by atoms with E-state index in [1.54, 1.807) is 6.20 Å². The van der Waals surface area contributed by atoms with E-state index < -0.39 is 0 Å². The van der Waals surface area contributed by atoms with Crippen LogP contribution in [0.1, 0.15) is 45.6 Å². The number of fused-ring (bicyclic) bond motifs is 1. The summed E-state index contributed by atoms with van der Waals surface area (Å²) in [4.78, 5) is 19.5. The molecule has 1 aliphatic heterocycles. The van der Waals surface area contributed by atoms with Gasteiger partial charge in [-0.05, 0) is 61.7 Å². The van der Waals surface area contributed by atoms with E-state index in [0.717, 1.165) is 40.4 Å². The fourth-order valence-corrected chi connectivity index (χ4v) is 4.35. The molecule has 1 N–H and O–H groups in total. The number of carbonyl (C=O) groups excluding carboxylic acids is 1. The van der Waals surface area contributed by atoms with Crippen LogP contribution in [0.2, 0.25) is 0 Å². The molecular weight excluding hydrogens is 434 g/mol. The van der Waals surface area contributed by atoms with Crippen molar-refractivity contribution in [2.75, 3.05) is 11.9 Å². The Hall–Kier alpha value is -4.12. The molecule has 5 heteroatoms. The van der Waals surface area contributed by atoms with Gasteiger partial charge in [0.25, 0.3) is 5.91 Å². The third-order valence-electron chi connectivity index (χ3n) is 6.43. The molecule has 1 atom stereocenters. The molecule has 2 heterocycles. The number of aryl methyl sites for hydroxylation is 1. The summed E-state index contributed by atoms with van der Waals surface area (Å²) in [5, 5.41) is 3.52. The number of anilines is 1. The van der Waals surface area contributed by atoms with Crippen LogP contribution < -0.4 is 10.1 Å². The van der Waals surface area contributed by atoms with Gasteiger partial charge in [0.15, 0.2) is 0 Å². The molecule has 0 saturated heterocycles. The molecule has 1 aromatic heterocycles. The van der Waals surface area contributed by atoms with Gasteiger partial charge < -0.3 is 15.0 Å². The van der Waals surface area contributed by atoms with Gasteiger partial charge in [-0.3, -0.25) is 4.79 Å². The zero-order chi connectivity index (χ0) is 24.2. The lowest BCUT2D eigenvalue weighted by Crippen LogP contribution is -2.26. The number of aromatic nitrogens is 1. The average molecular weight is 464 g/mol. The molecule has 0 spiro atoms. The highest BCUT2D eigenvalue weighted by Gasteiger charge is 2.30. The number of pyridine rings is 1. The van der Waals surface area contributed by atoms with Gasteiger partial charge in [0.2, 0.25) is 0 Å². The monoisotopic (exact) mass is 463 g/mol. The second kappa shape index (κ2) is 10.0. The Labute approximate surface area is 206 Å². The minimum atomic E-state index is 0.0240. The van der Waals surface area contributed by atoms with Crippen molar-refractivity contribution in [3.05, 3.63) is 119 Å². The first-order chi connectivity index (χ1) is 17.1. The van der Waals surface area contributed by atoms with Gasteiger partial charge in [0, 0.05) is 29.9 Å². The number of rotatable bonds is 8. The molecule has 0 radical (unpaired) electrons. The molecule has 1 aliphatic rings. The maximum atomic E-state index is 13.0. The molecule has 3 aromatic carbocycles. The van der Waals surface area contributed by atoms with Gasteiger partial charge >= 0.3 is 0 Å². The normalized spacial score (nSPS) is 13.4. The van der Waals surface area contributed by atoms with Crippen molar-refractivity contribution in [1.29, 1.82) is 0 Å². The maximum Gasteiger partial charge on any atom is 0.254 e. The van der Waals surface area contributed by atoms with Crippen LogP contribution in [0.3, 0.4) is 0 Å². The maximum absolute atomic E-state index is 13.0. The van der Waals surface area contributed by atoms with E-state index in [1.165, 1.54) is 11.1 Å². The van der Waals surface area contributed by atoms with Crippen LogP contribution in [0.15, 0.2) is 91.1 Å². The van der Waals surface area contributed by atoms with Gasteiger partial charge in [-0.1, -0.05) is 60.2 Å². The summed E-state index contributed by atoms with van der Waals surface area (Å²) < 4.78 is 5.95. The van der Waals surface area contributed by atoms with E-state index in [4.69, 9.17) is 4.74 Å². The van der Waals surface area contributed by atoms with Crippen molar-refractivity contribution < 1.29 is 9.53 Å². The number of nitrogens with one attached hydrogen (secondary N) is 1. The number of amides is 1. The van der Waals surface area contributed by atoms with Gasteiger partial charge in [0.05, 0.1) is 6.54 Å². The van der Waals surface area contributed by atoms with E-state index in [9.17, 15) is 4.79 Å². The highest BCUT2D eigenvalue weighted by Crippen LogP contribution is 2.31. The van der Waals surface area contributed by atoms with Crippen molar-refractivity contribution >= 4 is 11.7 Å². The van der Waals surface area contributed by atoms with Crippen LogP contribution in [-0.2, 0) is 13.0 Å². The zero-order valence-corrected chi connectivity index (χ0v) is 20.1. The third kappa shape index (κ3) is 5.19. The van der Waals surface area contributed by atoms with Crippen molar-refractivity contribution in [3.8, 4) is 11.5 Å². The lowest BCUT2D eigenvalue weighted by atomic mass is 10.1. The Morgan fingerprint density at radius 1 is 0.943 bits per heavy atom. The first kappa shape index (κ1) is 22.7. The van der Waals surface area contributed by atoms with Crippen LogP contribution in [0.5, 0.6) is 11.5 Å². The van der Waals surface area contributed by atoms with Crippen molar-refractivity contribution in [1.82, 2.24) is 9.88 Å². The lowest BCUT2D eigenvalue weighted by molar-refractivity contribution is 0.0780. The van der Waals surface area contributed by atoms with Crippen LogP contribution in [-0.4, -0.2) is 22.3 Å². The smallest absolute Gasteiger partial charge is 0.254 e. The molecule has 0 aliphatic carbocycles. The van der Waals surface area contributed by atoms with E-state index in [-0.39, 0.29) is 11.9 Å². The van der Waals surface area contributed by atoms with Crippen LogP contribution >= 0.6 is 0 Å². The summed E-state index contributed by atoms with van der Waals surface area (Å²) in [6.45, 7) is 5.42. The largest absolute Gasteiger partial charge is 0.457 e. The fraction of sp³-hybridized carbons (Fsp3) is 0.200. The van der Waals surface area contributed by atoms with E-state index >= 15 is 0 Å². The predicted octanol–water partition coefficient (Wildman–Crippen LogP) is 6.55. The molecule has 4 aromatic rings. The van der Waals surface area contributed by atoms with Gasteiger partial charge in [-0.2, -0.15) is 0 Å². The van der Waals surface area contributed by atoms with Gasteiger partial charge in [-0.25, -0.2) is 4.98 Å². The molecule has 0 bridgehead atoms. The Bertz CT molecular complexity index is 1300. The van der Waals surface area contributed by atoms with Gasteiger partial charge in [-0.15, -0.1) is 0 Å². The van der Waals surface area contributed by atoms with Crippen molar-refractivity contribution in [3.63, 3.8) is 0 Å². The molecule has 176 valence electrons. The Morgan fingerprint density at radius 2 is 1.63 bits per heavy atom. The number of hydrogen-bond acceptors (Lipinski definition) is 4. The highest BCUT2D eigenvalue weighted by atomic mass is 16.5. The van der Waals surface area contributed by atoms with E-state index in [1.807, 2.05) is 65.6 Å². The number of hydrogen-bond donors (Lipinski definition) is 1. The van der Waals surface area contributed by atoms with E-state index in [2.05, 4.69) is 48.4 Å². The number of ether oxygens (including phenoxy) is 1. The Kier molecular flexibility index (Phi) is 6.49. The molecule has 0 saturated carbocycles. The summed E-state index contributed by atoms with van der Waals surface area (Å²) in [7, 11) is 0. The molecule has 5 rings (SSSR count). The molecule has 1 unspecified atom stereocenters. The summed E-state index contributed by atoms with van der Waals surface area (Å²) >= 11 is 0.